The molecule has 0 bridgehead atoms. The second-order valence-electron chi connectivity index (χ2n) is 5.01. The molecule has 0 spiro atoms. The van der Waals surface area contributed by atoms with Crippen molar-refractivity contribution in [2.75, 3.05) is 12.0 Å². The Morgan fingerprint density at radius 1 is 1.37 bits per heavy atom. The number of hydrogen-bond acceptors (Lipinski definition) is 6. The van der Waals surface area contributed by atoms with E-state index in [0.717, 1.165) is 29.0 Å². The molecule has 4 nitrogen and oxygen atoms in total. The zero-order valence-corrected chi connectivity index (χ0v) is 13.1. The van der Waals surface area contributed by atoms with Crippen molar-refractivity contribution in [1.82, 2.24) is 10.1 Å². The first-order valence-electron chi connectivity index (χ1n) is 6.98. The van der Waals surface area contributed by atoms with Gasteiger partial charge < -0.3 is 10.3 Å². The highest BCUT2D eigenvalue weighted by molar-refractivity contribution is 7.99. The Morgan fingerprint density at radius 3 is 2.89 bits per heavy atom. The molecular weight excluding hydrogens is 278 g/mol. The van der Waals surface area contributed by atoms with Gasteiger partial charge in [-0.1, -0.05) is 24.4 Å². The van der Waals surface area contributed by atoms with Crippen LogP contribution in [0, 0.1) is 0 Å². The van der Waals surface area contributed by atoms with Crippen LogP contribution in [0.5, 0.6) is 0 Å². The molecule has 1 aliphatic carbocycles. The molecule has 1 aromatic rings. The molecule has 1 heterocycles. The molecule has 0 radical (unpaired) electrons. The van der Waals surface area contributed by atoms with E-state index < -0.39 is 0 Å². The van der Waals surface area contributed by atoms with Crippen molar-refractivity contribution in [2.45, 2.75) is 55.6 Å². The van der Waals surface area contributed by atoms with Gasteiger partial charge in [-0.05, 0) is 31.3 Å². The molecule has 2 N–H and O–H groups in total. The quantitative estimate of drug-likeness (QED) is 0.833. The van der Waals surface area contributed by atoms with Gasteiger partial charge in [0.25, 0.3) is 0 Å². The molecule has 1 unspecified atom stereocenters. The van der Waals surface area contributed by atoms with E-state index >= 15 is 0 Å². The highest BCUT2D eigenvalue weighted by atomic mass is 32.2. The Bertz CT molecular complexity index is 367. The lowest BCUT2D eigenvalue weighted by molar-refractivity contribution is 0.350. The normalized spacial score (nSPS) is 18.6. The summed E-state index contributed by atoms with van der Waals surface area (Å²) in [5, 5.41) is 4.81. The van der Waals surface area contributed by atoms with E-state index in [9.17, 15) is 0 Å². The number of hydrogen-bond donors (Lipinski definition) is 1. The first-order valence-corrected chi connectivity index (χ1v) is 9.42. The lowest BCUT2D eigenvalue weighted by atomic mass is 10.0. The maximum absolute atomic E-state index is 6.02. The van der Waals surface area contributed by atoms with E-state index in [1.807, 2.05) is 11.8 Å². The largest absolute Gasteiger partial charge is 0.338 e. The predicted octanol–water partition coefficient (Wildman–Crippen LogP) is 3.39. The number of rotatable bonds is 7. The van der Waals surface area contributed by atoms with Gasteiger partial charge in [0.15, 0.2) is 5.82 Å². The van der Waals surface area contributed by atoms with Gasteiger partial charge in [0.2, 0.25) is 5.89 Å². The lowest BCUT2D eigenvalue weighted by Crippen LogP contribution is -2.11. The fourth-order valence-electron chi connectivity index (χ4n) is 2.27. The highest BCUT2D eigenvalue weighted by Gasteiger charge is 2.17. The third kappa shape index (κ3) is 5.00. The van der Waals surface area contributed by atoms with E-state index in [4.69, 9.17) is 10.3 Å². The number of nitrogens with zero attached hydrogens (tertiary/aromatic N) is 2. The summed E-state index contributed by atoms with van der Waals surface area (Å²) < 4.78 is 5.25. The molecule has 108 valence electrons. The molecule has 19 heavy (non-hydrogen) atoms. The minimum Gasteiger partial charge on any atom is -0.338 e. The van der Waals surface area contributed by atoms with Gasteiger partial charge in [-0.3, -0.25) is 0 Å². The Hall–Kier alpha value is -0.200. The van der Waals surface area contributed by atoms with Crippen LogP contribution in [0.2, 0.25) is 0 Å². The van der Waals surface area contributed by atoms with Crippen molar-refractivity contribution in [3.05, 3.63) is 11.7 Å². The highest BCUT2D eigenvalue weighted by Crippen LogP contribution is 2.30. The maximum Gasteiger partial charge on any atom is 0.243 e. The Kier molecular flexibility index (Phi) is 6.53. The summed E-state index contributed by atoms with van der Waals surface area (Å²) in [6.45, 7) is 0. The molecule has 1 aromatic heterocycles. The second kappa shape index (κ2) is 8.17. The molecular formula is C13H23N3OS2. The Balaban J connectivity index is 1.76. The van der Waals surface area contributed by atoms with Crippen molar-refractivity contribution in [2.24, 2.45) is 5.73 Å². The smallest absolute Gasteiger partial charge is 0.243 e. The summed E-state index contributed by atoms with van der Waals surface area (Å²) in [6, 6.07) is -0.117. The SMILES string of the molecule is CSCCC(N)c1nc(CSC2CCCCC2)no1. The van der Waals surface area contributed by atoms with Crippen molar-refractivity contribution < 1.29 is 4.52 Å². The minimum absolute atomic E-state index is 0.117. The molecule has 0 aliphatic heterocycles. The van der Waals surface area contributed by atoms with Crippen LogP contribution < -0.4 is 5.73 Å². The van der Waals surface area contributed by atoms with E-state index in [1.165, 1.54) is 32.1 Å². The van der Waals surface area contributed by atoms with Crippen LogP contribution in [0.15, 0.2) is 4.52 Å². The van der Waals surface area contributed by atoms with E-state index in [2.05, 4.69) is 16.4 Å². The van der Waals surface area contributed by atoms with Crippen LogP contribution in [0.3, 0.4) is 0 Å². The van der Waals surface area contributed by atoms with Crippen LogP contribution in [0.4, 0.5) is 0 Å². The Morgan fingerprint density at radius 2 is 2.16 bits per heavy atom. The molecule has 2 rings (SSSR count). The van der Waals surface area contributed by atoms with Crippen molar-refractivity contribution in [1.29, 1.82) is 0 Å². The van der Waals surface area contributed by atoms with Gasteiger partial charge in [-0.25, -0.2) is 0 Å². The summed E-state index contributed by atoms with van der Waals surface area (Å²) >= 11 is 3.75. The topological polar surface area (TPSA) is 64.9 Å². The van der Waals surface area contributed by atoms with Crippen molar-refractivity contribution in [3.63, 3.8) is 0 Å². The minimum atomic E-state index is -0.117. The lowest BCUT2D eigenvalue weighted by Gasteiger charge is -2.19. The number of aromatic nitrogens is 2. The molecule has 6 heteroatoms. The predicted molar refractivity (Wildman–Crippen MR) is 82.4 cm³/mol. The zero-order valence-electron chi connectivity index (χ0n) is 11.5. The number of thioether (sulfide) groups is 2. The molecule has 1 atom stereocenters. The molecule has 1 saturated carbocycles. The molecule has 1 aliphatic rings. The summed E-state index contributed by atoms with van der Waals surface area (Å²) in [7, 11) is 0. The monoisotopic (exact) mass is 301 g/mol. The zero-order chi connectivity index (χ0) is 13.5. The molecule has 0 saturated heterocycles. The Labute approximate surface area is 123 Å². The van der Waals surface area contributed by atoms with Crippen LogP contribution >= 0.6 is 23.5 Å². The maximum atomic E-state index is 6.02. The second-order valence-corrected chi connectivity index (χ2v) is 7.28. The average molecular weight is 301 g/mol. The van der Waals surface area contributed by atoms with Crippen molar-refractivity contribution in [3.8, 4) is 0 Å². The van der Waals surface area contributed by atoms with Gasteiger partial charge in [0.05, 0.1) is 11.8 Å². The van der Waals surface area contributed by atoms with Crippen LogP contribution in [-0.2, 0) is 5.75 Å². The molecule has 1 fully saturated rings. The van der Waals surface area contributed by atoms with Gasteiger partial charge in [0, 0.05) is 5.25 Å². The first-order chi connectivity index (χ1) is 9.29. The standard InChI is InChI=1S/C13H23N3OS2/c1-18-8-7-11(14)13-15-12(16-17-13)9-19-10-5-3-2-4-6-10/h10-11H,2-9,14H2,1H3. The first kappa shape index (κ1) is 15.2. The summed E-state index contributed by atoms with van der Waals surface area (Å²) in [5.74, 6) is 3.26. The van der Waals surface area contributed by atoms with Crippen LogP contribution in [0.1, 0.15) is 56.3 Å². The molecule has 0 aromatic carbocycles. The van der Waals surface area contributed by atoms with Gasteiger partial charge in [-0.15, -0.1) is 0 Å². The van der Waals surface area contributed by atoms with Gasteiger partial charge >= 0.3 is 0 Å². The molecule has 0 amide bonds. The fourth-order valence-corrected chi connectivity index (χ4v) is 3.93. The van der Waals surface area contributed by atoms with E-state index in [1.54, 1.807) is 11.8 Å². The summed E-state index contributed by atoms with van der Waals surface area (Å²) in [5.41, 5.74) is 6.02. The third-order valence-corrected chi connectivity index (χ3v) is 5.45. The fraction of sp³-hybridized carbons (Fsp3) is 0.846. The van der Waals surface area contributed by atoms with Gasteiger partial charge in [0.1, 0.15) is 0 Å². The summed E-state index contributed by atoms with van der Waals surface area (Å²) in [4.78, 5) is 4.41. The third-order valence-electron chi connectivity index (χ3n) is 3.43. The van der Waals surface area contributed by atoms with Gasteiger partial charge in [-0.2, -0.15) is 28.5 Å². The van der Waals surface area contributed by atoms with E-state index in [0.29, 0.717) is 5.89 Å². The van der Waals surface area contributed by atoms with E-state index in [-0.39, 0.29) is 6.04 Å². The number of nitrogens with two attached hydrogens (primary N) is 1. The average Bonchev–Trinajstić information content (AvgIpc) is 2.92. The van der Waals surface area contributed by atoms with Crippen molar-refractivity contribution >= 4 is 23.5 Å². The van der Waals surface area contributed by atoms with Crippen LogP contribution in [0.25, 0.3) is 0 Å². The van der Waals surface area contributed by atoms with Crippen LogP contribution in [-0.4, -0.2) is 27.4 Å². The summed E-state index contributed by atoms with van der Waals surface area (Å²) in [6.07, 6.45) is 9.77.